The van der Waals surface area contributed by atoms with Gasteiger partial charge in [-0.2, -0.15) is 0 Å². The molecular weight excluding hydrogens is 203 g/mol. The summed E-state index contributed by atoms with van der Waals surface area (Å²) in [6.45, 7) is 0. The normalized spacial score (nSPS) is 0. The van der Waals surface area contributed by atoms with E-state index in [2.05, 4.69) is 0 Å². The maximum absolute atomic E-state index is 0. The molecule has 0 aliphatic heterocycles. The molecule has 0 amide bonds. The van der Waals surface area contributed by atoms with E-state index in [1.54, 1.807) is 0 Å². The SMILES string of the molecule is [LiH].[NaH].[Nb].[O-2].[O-2].[Ti+4]. The van der Waals surface area contributed by atoms with Crippen molar-refractivity contribution in [1.82, 2.24) is 0 Å². The van der Waals surface area contributed by atoms with Gasteiger partial charge in [0.1, 0.15) is 0 Å². The molecule has 1 radical (unpaired) electrons. The predicted octanol–water partition coefficient (Wildman–Crippen LogP) is -1.54. The van der Waals surface area contributed by atoms with Gasteiger partial charge in [0.15, 0.2) is 0 Å². The van der Waals surface area contributed by atoms with Gasteiger partial charge in [-0.25, -0.2) is 0 Å². The maximum atomic E-state index is 0. The van der Waals surface area contributed by atoms with Crippen molar-refractivity contribution in [2.45, 2.75) is 0 Å². The average molecular weight is 205 g/mol. The van der Waals surface area contributed by atoms with Crippen molar-refractivity contribution < 1.29 is 55.1 Å². The Bertz CT molecular complexity index is 13.5. The summed E-state index contributed by atoms with van der Waals surface area (Å²) in [6, 6.07) is 0. The molecule has 0 aromatic rings. The first kappa shape index (κ1) is 64.6. The van der Waals surface area contributed by atoms with Crippen LogP contribution in [0.4, 0.5) is 0 Å². The Kier molecular flexibility index (Phi) is 472. The van der Waals surface area contributed by atoms with Gasteiger partial charge in [0.05, 0.1) is 0 Å². The van der Waals surface area contributed by atoms with E-state index in [1.807, 2.05) is 0 Å². The summed E-state index contributed by atoms with van der Waals surface area (Å²) < 4.78 is 0. The Labute approximate surface area is 102 Å². The van der Waals surface area contributed by atoms with Crippen molar-refractivity contribution in [2.24, 2.45) is 0 Å². The largest absolute Gasteiger partial charge is 4.00 e. The van der Waals surface area contributed by atoms with E-state index in [0.717, 1.165) is 0 Å². The minimum atomic E-state index is 0. The van der Waals surface area contributed by atoms with Gasteiger partial charge in [0.2, 0.25) is 0 Å². The average Bonchev–Trinajstić information content (AvgIpc) is 0. The van der Waals surface area contributed by atoms with Crippen LogP contribution in [-0.4, -0.2) is 48.4 Å². The smallest absolute Gasteiger partial charge is 2.00 e. The Balaban J connectivity index is 0. The fraction of sp³-hybridized carbons (Fsp3) is 0. The molecule has 0 atom stereocenters. The van der Waals surface area contributed by atoms with Gasteiger partial charge in [-0.3, -0.25) is 0 Å². The Morgan fingerprint density at radius 2 is 0.833 bits per heavy atom. The zero-order valence-corrected chi connectivity index (χ0v) is 5.52. The van der Waals surface area contributed by atoms with Gasteiger partial charge in [-0.15, -0.1) is 0 Å². The van der Waals surface area contributed by atoms with Gasteiger partial charge >= 0.3 is 70.1 Å². The monoisotopic (exact) mass is 205 g/mol. The van der Waals surface area contributed by atoms with Crippen molar-refractivity contribution in [3.05, 3.63) is 0 Å². The van der Waals surface area contributed by atoms with Crippen LogP contribution in [0.5, 0.6) is 0 Å². The second kappa shape index (κ2) is 43.9. The first-order chi connectivity index (χ1) is 0. The Hall–Kier alpha value is 2.97. The number of hydrogen-bond donors (Lipinski definition) is 0. The molecule has 0 aromatic carbocycles. The second-order valence-corrected chi connectivity index (χ2v) is 0. The second-order valence-electron chi connectivity index (χ2n) is 0. The zero-order chi connectivity index (χ0) is 0. The van der Waals surface area contributed by atoms with Gasteiger partial charge in [-0.1, -0.05) is 0 Å². The molecule has 0 saturated carbocycles. The van der Waals surface area contributed by atoms with Gasteiger partial charge in [0.25, 0.3) is 0 Å². The maximum Gasteiger partial charge on any atom is 4.00 e. The molecule has 6 heteroatoms. The summed E-state index contributed by atoms with van der Waals surface area (Å²) in [5.41, 5.74) is 0. The van der Waals surface area contributed by atoms with Crippen LogP contribution >= 0.6 is 0 Å². The molecule has 0 rings (SSSR count). The van der Waals surface area contributed by atoms with Crippen LogP contribution in [0.3, 0.4) is 0 Å². The molecule has 0 bridgehead atoms. The molecule has 0 heterocycles. The quantitative estimate of drug-likeness (QED) is 0.430. The summed E-state index contributed by atoms with van der Waals surface area (Å²) in [6.07, 6.45) is 0. The minimum Gasteiger partial charge on any atom is -2.00 e. The molecule has 0 unspecified atom stereocenters. The van der Waals surface area contributed by atoms with Crippen molar-refractivity contribution >= 4 is 48.4 Å². The van der Waals surface area contributed by atoms with Gasteiger partial charge in [0, 0.05) is 22.4 Å². The summed E-state index contributed by atoms with van der Waals surface area (Å²) >= 11 is 0. The standard InChI is InChI=1S/Li.Na.Nb.2O.Ti.2H/q;;;2*-2;+4;;. The summed E-state index contributed by atoms with van der Waals surface area (Å²) in [5, 5.41) is 0. The molecule has 0 saturated heterocycles. The van der Waals surface area contributed by atoms with E-state index >= 15 is 0 Å². The third-order valence-electron chi connectivity index (χ3n) is 0. The van der Waals surface area contributed by atoms with Crippen LogP contribution in [0.1, 0.15) is 0 Å². The number of hydrogen-bond acceptors (Lipinski definition) is 0. The molecule has 6 heavy (non-hydrogen) atoms. The molecule has 2 nitrogen and oxygen atoms in total. The third-order valence-corrected chi connectivity index (χ3v) is 0. The molecule has 0 fully saturated rings. The zero-order valence-electron chi connectivity index (χ0n) is 1.76. The summed E-state index contributed by atoms with van der Waals surface area (Å²) in [7, 11) is 0. The fourth-order valence-corrected chi connectivity index (χ4v) is 0. The number of rotatable bonds is 0. The molecule has 0 aromatic heterocycles. The third kappa shape index (κ3) is 28.2. The fourth-order valence-electron chi connectivity index (χ4n) is 0. The predicted molar refractivity (Wildman–Crippen MR) is 15.7 cm³/mol. The van der Waals surface area contributed by atoms with Crippen molar-refractivity contribution in [3.8, 4) is 0 Å². The molecule has 0 spiro atoms. The first-order valence-electron chi connectivity index (χ1n) is 0. The molecule has 0 N–H and O–H groups in total. The molecular formula is H2LiNaNbO2Ti. The van der Waals surface area contributed by atoms with E-state index in [9.17, 15) is 0 Å². The Morgan fingerprint density at radius 3 is 0.833 bits per heavy atom. The first-order valence-corrected chi connectivity index (χ1v) is 0. The topological polar surface area (TPSA) is 57.0 Å². The van der Waals surface area contributed by atoms with Crippen molar-refractivity contribution in [1.29, 1.82) is 0 Å². The van der Waals surface area contributed by atoms with Crippen molar-refractivity contribution in [3.63, 3.8) is 0 Å². The summed E-state index contributed by atoms with van der Waals surface area (Å²) in [5.74, 6) is 0. The van der Waals surface area contributed by atoms with E-state index < -0.39 is 0 Å². The molecule has 0 aliphatic carbocycles. The van der Waals surface area contributed by atoms with Crippen LogP contribution < -0.4 is 0 Å². The van der Waals surface area contributed by atoms with Crippen LogP contribution in [0.2, 0.25) is 0 Å². The van der Waals surface area contributed by atoms with Gasteiger partial charge in [-0.05, 0) is 0 Å². The Morgan fingerprint density at radius 1 is 0.833 bits per heavy atom. The van der Waals surface area contributed by atoms with Crippen LogP contribution in [-0.2, 0) is 55.1 Å². The van der Waals surface area contributed by atoms with E-state index in [4.69, 9.17) is 0 Å². The van der Waals surface area contributed by atoms with Crippen molar-refractivity contribution in [2.75, 3.05) is 0 Å². The van der Waals surface area contributed by atoms with E-state index in [1.165, 1.54) is 0 Å². The van der Waals surface area contributed by atoms with Crippen LogP contribution in [0.25, 0.3) is 0 Å². The minimum absolute atomic E-state index is 0. The van der Waals surface area contributed by atoms with Crippen LogP contribution in [0.15, 0.2) is 0 Å². The van der Waals surface area contributed by atoms with Crippen LogP contribution in [0, 0.1) is 0 Å². The molecule has 25 valence electrons. The summed E-state index contributed by atoms with van der Waals surface area (Å²) in [4.78, 5) is 0. The van der Waals surface area contributed by atoms with E-state index in [-0.39, 0.29) is 103 Å². The van der Waals surface area contributed by atoms with E-state index in [0.29, 0.717) is 0 Å². The molecule has 0 aliphatic rings. The van der Waals surface area contributed by atoms with Gasteiger partial charge < -0.3 is 11.0 Å².